The molecule has 1 aliphatic rings. The number of nitrogen functional groups attached to an aromatic ring is 1. The topological polar surface area (TPSA) is 394 Å². The van der Waals surface area contributed by atoms with Crippen LogP contribution in [0, 0.1) is 11.3 Å². The molecule has 109 heavy (non-hydrogen) atoms. The van der Waals surface area contributed by atoms with E-state index in [1.54, 1.807) is 36.8 Å². The van der Waals surface area contributed by atoms with Gasteiger partial charge in [0.15, 0.2) is 0 Å². The van der Waals surface area contributed by atoms with Gasteiger partial charge in [-0.05, 0) is 60.0 Å². The number of alkyl halides is 2. The fourth-order valence-electron chi connectivity index (χ4n) is 9.91. The van der Waals surface area contributed by atoms with Gasteiger partial charge >= 0.3 is 6.16 Å². The number of unbranched alkanes of at least 4 members (excludes halogenated alkanes) is 1. The number of nitriles is 1. The highest BCUT2D eigenvalue weighted by Crippen LogP contribution is 2.34. The largest absolute Gasteiger partial charge is 0.508 e. The number of likely N-dealkylation sites (tertiary alicyclic amines) is 1. The minimum absolute atomic E-state index is 0.0406. The molecule has 0 bridgehead atoms. The van der Waals surface area contributed by atoms with Crippen molar-refractivity contribution in [3.05, 3.63) is 96.3 Å². The van der Waals surface area contributed by atoms with Crippen LogP contribution in [0.15, 0.2) is 79.4 Å². The van der Waals surface area contributed by atoms with Crippen molar-refractivity contribution in [3.63, 3.8) is 0 Å². The molecule has 1 aliphatic heterocycles. The minimum Gasteiger partial charge on any atom is -0.480 e. The van der Waals surface area contributed by atoms with Crippen molar-refractivity contribution in [2.24, 2.45) is 0 Å². The Morgan fingerprint density at radius 2 is 1.17 bits per heavy atom. The fraction of sp³-hybridized carbons (Fsp3) is 0.575. The SMILES string of the molecule is CCCCOCCOCCOCCOCCOCCOCCOCCOCCOCCOCCOCCOCCNC(=O)C(CSSCCOC(=O)OCc1ccc(-c2ccnc3ccc(-c4cnc(OC)c(N)c4)cc23)cn1)NC(=O)CCC(=O)NCc1cc(C(=O)NCC(=O)N2CC(F)(F)C[C@H]2C#N)ccn1. The van der Waals surface area contributed by atoms with Gasteiger partial charge in [0.1, 0.15) is 25.3 Å². The van der Waals surface area contributed by atoms with Crippen molar-refractivity contribution in [2.75, 3.05) is 209 Å². The number of carbonyl (C=O) groups is 6. The molecular formula is C73H101F2N11O21S2. The molecule has 6 N–H and O–H groups in total. The summed E-state index contributed by atoms with van der Waals surface area (Å²) in [7, 11) is 4.02. The van der Waals surface area contributed by atoms with Crippen molar-refractivity contribution in [2.45, 2.75) is 70.2 Å². The van der Waals surface area contributed by atoms with Gasteiger partial charge in [0.2, 0.25) is 29.5 Å². The van der Waals surface area contributed by atoms with Crippen LogP contribution in [0.25, 0.3) is 33.2 Å². The Morgan fingerprint density at radius 3 is 1.72 bits per heavy atom. The summed E-state index contributed by atoms with van der Waals surface area (Å²) in [6.45, 7) is 10.8. The third kappa shape index (κ3) is 37.4. The Kier molecular flexibility index (Phi) is 44.9. The maximum atomic E-state index is 13.9. The standard InChI is InChI=1S/C73H101F2N11O21S2/c1-3-4-16-94-18-20-96-22-24-98-26-28-100-30-32-102-34-36-104-38-39-105-37-35-103-33-31-101-29-27-99-25-23-97-21-19-95-17-15-80-70(91)65(85-67(88)10-9-66(87)82-49-59-42-55(11-13-78-59)69(90)83-50-68(89)86-53-73(74,75)45-60(86)46-76)52-109-108-41-40-106-72(92)107-51-58-7-5-56(47-81-58)61-12-14-79-64-8-6-54(43-62(61)64)57-44-63(77)71(93-2)84-48-57/h5-8,11-14,42-44,47-48,60,65H,3-4,9-10,15-41,45,49-53,77H2,1-2H3,(H,80,91)(H,82,87)(H,83,90)(H,85,88)/t60-,65?/m0/s1. The van der Waals surface area contributed by atoms with Gasteiger partial charge in [0.05, 0.1) is 207 Å². The van der Waals surface area contributed by atoms with Crippen molar-refractivity contribution >= 4 is 73.9 Å². The molecule has 5 heterocycles. The molecule has 4 aromatic heterocycles. The summed E-state index contributed by atoms with van der Waals surface area (Å²) in [6, 6.07) is 15.2. The van der Waals surface area contributed by atoms with E-state index in [-0.39, 0.29) is 76.0 Å². The Hall–Kier alpha value is -8.13. The molecule has 5 amide bonds. The summed E-state index contributed by atoms with van der Waals surface area (Å²) in [6.07, 6.45) is 6.27. The third-order valence-electron chi connectivity index (χ3n) is 15.5. The lowest BCUT2D eigenvalue weighted by Crippen LogP contribution is -2.49. The Balaban J connectivity index is 0.799. The number of nitrogens with two attached hydrogens (primary N) is 1. The Bertz CT molecular complexity index is 3530. The number of benzene rings is 1. The highest BCUT2D eigenvalue weighted by molar-refractivity contribution is 8.76. The molecular weight excluding hydrogens is 1470 g/mol. The molecule has 0 saturated carbocycles. The lowest BCUT2D eigenvalue weighted by molar-refractivity contribution is -0.131. The molecule has 0 aliphatic carbocycles. The Labute approximate surface area is 640 Å². The molecule has 1 saturated heterocycles. The fourth-order valence-corrected chi connectivity index (χ4v) is 11.9. The summed E-state index contributed by atoms with van der Waals surface area (Å²) in [4.78, 5) is 96.0. The normalized spacial score (nSPS) is 13.4. The summed E-state index contributed by atoms with van der Waals surface area (Å²) in [5.74, 6) is -5.74. The average molecular weight is 1570 g/mol. The number of ether oxygens (including phenoxy) is 15. The second-order valence-corrected chi connectivity index (χ2v) is 26.4. The van der Waals surface area contributed by atoms with Crippen LogP contribution in [-0.4, -0.2) is 282 Å². The van der Waals surface area contributed by atoms with Crippen LogP contribution in [0.1, 0.15) is 60.8 Å². The summed E-state index contributed by atoms with van der Waals surface area (Å²) >= 11 is 0. The summed E-state index contributed by atoms with van der Waals surface area (Å²) in [5, 5.41) is 20.5. The first-order valence-corrected chi connectivity index (χ1v) is 38.4. The lowest BCUT2D eigenvalue weighted by atomic mass is 9.98. The molecule has 600 valence electrons. The van der Waals surface area contributed by atoms with Crippen LogP contribution in [0.5, 0.6) is 5.88 Å². The minimum atomic E-state index is -3.22. The lowest BCUT2D eigenvalue weighted by Gasteiger charge is -2.19. The van der Waals surface area contributed by atoms with Crippen LogP contribution in [0.3, 0.4) is 0 Å². The first-order chi connectivity index (χ1) is 53.2. The zero-order valence-electron chi connectivity index (χ0n) is 61.7. The van der Waals surface area contributed by atoms with E-state index in [1.165, 1.54) is 47.0 Å². The van der Waals surface area contributed by atoms with Gasteiger partial charge < -0.3 is 103 Å². The van der Waals surface area contributed by atoms with E-state index in [0.29, 0.717) is 155 Å². The van der Waals surface area contributed by atoms with Crippen LogP contribution < -0.4 is 31.7 Å². The number of aromatic nitrogens is 4. The smallest absolute Gasteiger partial charge is 0.480 e. The number of nitrogens with one attached hydrogen (secondary N) is 4. The number of anilines is 1. The number of methoxy groups -OCH3 is 1. The van der Waals surface area contributed by atoms with Gasteiger partial charge in [0.25, 0.3) is 11.8 Å². The molecule has 1 unspecified atom stereocenters. The molecule has 5 aromatic rings. The Morgan fingerprint density at radius 1 is 0.606 bits per heavy atom. The second kappa shape index (κ2) is 54.5. The molecule has 6 rings (SSSR count). The number of halogens is 2. The van der Waals surface area contributed by atoms with Crippen LogP contribution >= 0.6 is 21.6 Å². The molecule has 0 radical (unpaired) electrons. The first kappa shape index (κ1) is 89.8. The predicted octanol–water partition coefficient (Wildman–Crippen LogP) is 5.57. The number of amides is 5. The summed E-state index contributed by atoms with van der Waals surface area (Å²) < 4.78 is 110. The molecule has 36 heteroatoms. The third-order valence-corrected chi connectivity index (χ3v) is 17.9. The molecule has 0 spiro atoms. The van der Waals surface area contributed by atoms with Crippen molar-refractivity contribution in [1.82, 2.24) is 46.1 Å². The molecule has 32 nitrogen and oxygen atoms in total. The number of rotatable bonds is 60. The predicted molar refractivity (Wildman–Crippen MR) is 398 cm³/mol. The van der Waals surface area contributed by atoms with Gasteiger partial charge in [-0.25, -0.2) is 18.6 Å². The van der Waals surface area contributed by atoms with Gasteiger partial charge in [-0.1, -0.05) is 47.1 Å². The van der Waals surface area contributed by atoms with E-state index < -0.39 is 73.2 Å². The highest BCUT2D eigenvalue weighted by atomic mass is 33.1. The van der Waals surface area contributed by atoms with E-state index in [2.05, 4.69) is 48.1 Å². The van der Waals surface area contributed by atoms with Gasteiger partial charge in [-0.3, -0.25) is 38.9 Å². The first-order valence-electron chi connectivity index (χ1n) is 35.9. The van der Waals surface area contributed by atoms with Crippen LogP contribution in [-0.2, 0) is 98.6 Å². The second-order valence-electron chi connectivity index (χ2n) is 23.8. The maximum Gasteiger partial charge on any atom is 0.508 e. The van der Waals surface area contributed by atoms with E-state index in [0.717, 1.165) is 57.5 Å². The molecule has 2 atom stereocenters. The number of carbonyl (C=O) groups excluding carboxylic acids is 6. The van der Waals surface area contributed by atoms with E-state index >= 15 is 0 Å². The number of nitrogens with zero attached hydrogens (tertiary/aromatic N) is 6. The zero-order valence-corrected chi connectivity index (χ0v) is 63.4. The van der Waals surface area contributed by atoms with E-state index in [4.69, 9.17) is 76.8 Å². The van der Waals surface area contributed by atoms with Crippen LogP contribution in [0.2, 0.25) is 0 Å². The number of pyridine rings is 4. The monoisotopic (exact) mass is 1570 g/mol. The van der Waals surface area contributed by atoms with Crippen LogP contribution in [0.4, 0.5) is 19.3 Å². The zero-order chi connectivity index (χ0) is 77.8. The number of hydrogen-bond acceptors (Lipinski definition) is 29. The maximum absolute atomic E-state index is 13.9. The number of hydrogen-bond donors (Lipinski definition) is 5. The van der Waals surface area contributed by atoms with Gasteiger partial charge in [-0.15, -0.1) is 0 Å². The van der Waals surface area contributed by atoms with Gasteiger partial charge in [0, 0.05) is 90.8 Å². The van der Waals surface area contributed by atoms with Gasteiger partial charge in [-0.2, -0.15) is 5.26 Å². The highest BCUT2D eigenvalue weighted by Gasteiger charge is 2.47. The number of fused-ring (bicyclic) bond motifs is 1. The van der Waals surface area contributed by atoms with Crippen molar-refractivity contribution in [1.29, 1.82) is 5.26 Å². The quantitative estimate of drug-likeness (QED) is 0.0180. The average Bonchev–Trinajstić information content (AvgIpc) is 0.995. The van der Waals surface area contributed by atoms with E-state index in [1.807, 2.05) is 30.3 Å². The summed E-state index contributed by atoms with van der Waals surface area (Å²) in [5.41, 5.74) is 11.5. The van der Waals surface area contributed by atoms with Crippen molar-refractivity contribution < 1.29 is 109 Å². The molecule has 1 aromatic carbocycles. The van der Waals surface area contributed by atoms with Crippen molar-refractivity contribution in [3.8, 4) is 34.2 Å². The molecule has 1 fully saturated rings. The van der Waals surface area contributed by atoms with E-state index in [9.17, 15) is 42.8 Å².